The molecule has 2 saturated heterocycles. The maximum atomic E-state index is 12.6. The zero-order valence-electron chi connectivity index (χ0n) is 12.4. The van der Waals surface area contributed by atoms with Crippen molar-refractivity contribution in [1.29, 1.82) is 0 Å². The lowest BCUT2D eigenvalue weighted by molar-refractivity contribution is -0.137. The minimum Gasteiger partial charge on any atom is -0.445 e. The van der Waals surface area contributed by atoms with Crippen molar-refractivity contribution in [2.24, 2.45) is 0 Å². The summed E-state index contributed by atoms with van der Waals surface area (Å²) in [6.07, 6.45) is 1.64. The van der Waals surface area contributed by atoms with Crippen LogP contribution in [0.1, 0.15) is 6.42 Å². The maximum Gasteiger partial charge on any atom is 0.410 e. The molecule has 0 aromatic carbocycles. The average molecular weight is 313 g/mol. The van der Waals surface area contributed by atoms with Gasteiger partial charge in [-0.05, 0) is 13.5 Å². The molecule has 0 radical (unpaired) electrons. The number of nitrogens with zero attached hydrogens (tertiary/aromatic N) is 3. The molecule has 0 N–H and O–H groups in total. The van der Waals surface area contributed by atoms with Gasteiger partial charge in [0.15, 0.2) is 0 Å². The molecule has 0 aliphatic carbocycles. The number of likely N-dealkylation sites (N-methyl/N-ethyl adjacent to an activating group) is 1. The van der Waals surface area contributed by atoms with Gasteiger partial charge in [-0.3, -0.25) is 9.69 Å². The smallest absolute Gasteiger partial charge is 0.410 e. The Morgan fingerprint density at radius 2 is 2.00 bits per heavy atom. The van der Waals surface area contributed by atoms with E-state index in [1.807, 2.05) is 11.9 Å². The zero-order chi connectivity index (χ0) is 15.4. The van der Waals surface area contributed by atoms with Crippen molar-refractivity contribution in [3.8, 4) is 0 Å². The van der Waals surface area contributed by atoms with Crippen LogP contribution >= 0.6 is 12.6 Å². The van der Waals surface area contributed by atoms with E-state index < -0.39 is 12.1 Å². The Labute approximate surface area is 131 Å². The summed E-state index contributed by atoms with van der Waals surface area (Å²) < 4.78 is 5.06. The minimum atomic E-state index is -0.459. The molecule has 118 valence electrons. The second kappa shape index (κ2) is 7.17. The van der Waals surface area contributed by atoms with Crippen molar-refractivity contribution in [3.05, 3.63) is 12.7 Å². The van der Waals surface area contributed by atoms with Crippen LogP contribution in [-0.2, 0) is 9.53 Å². The standard InChI is InChI=1S/C14H23N3O3S/c1-3-8-20-14(19)17-10-11(21)9-12(17)13(18)16-6-4-15(2)5-7-16/h3,11-12,21H,1,4-10H2,2H3/t11-,12-/m0/s1. The SMILES string of the molecule is C=CCOC(=O)N1C[C@@H](S)C[C@H]1C(=O)N1CCN(C)CC1. The lowest BCUT2D eigenvalue weighted by Crippen LogP contribution is -2.53. The number of piperazine rings is 1. The molecule has 2 heterocycles. The molecule has 2 rings (SSSR count). The molecule has 2 amide bonds. The highest BCUT2D eigenvalue weighted by atomic mass is 32.1. The summed E-state index contributed by atoms with van der Waals surface area (Å²) in [6, 6.07) is -0.451. The van der Waals surface area contributed by atoms with Crippen molar-refractivity contribution in [2.45, 2.75) is 17.7 Å². The first kappa shape index (κ1) is 16.2. The van der Waals surface area contributed by atoms with E-state index in [1.54, 1.807) is 0 Å². The highest BCUT2D eigenvalue weighted by molar-refractivity contribution is 7.81. The fraction of sp³-hybridized carbons (Fsp3) is 0.714. The van der Waals surface area contributed by atoms with Gasteiger partial charge < -0.3 is 14.5 Å². The number of hydrogen-bond donors (Lipinski definition) is 1. The first-order valence-electron chi connectivity index (χ1n) is 7.22. The molecule has 0 bridgehead atoms. The van der Waals surface area contributed by atoms with E-state index in [0.29, 0.717) is 26.1 Å². The third-order valence-corrected chi connectivity index (χ3v) is 4.31. The first-order valence-corrected chi connectivity index (χ1v) is 7.74. The fourth-order valence-electron chi connectivity index (χ4n) is 2.70. The molecule has 0 aromatic rings. The Morgan fingerprint density at radius 3 is 2.62 bits per heavy atom. The van der Waals surface area contributed by atoms with Gasteiger partial charge in [-0.2, -0.15) is 12.6 Å². The van der Waals surface area contributed by atoms with E-state index in [1.165, 1.54) is 11.0 Å². The normalized spacial score (nSPS) is 26.8. The highest BCUT2D eigenvalue weighted by Crippen LogP contribution is 2.24. The second-order valence-electron chi connectivity index (χ2n) is 5.55. The van der Waals surface area contributed by atoms with Crippen LogP contribution in [0.25, 0.3) is 0 Å². The van der Waals surface area contributed by atoms with Gasteiger partial charge in [-0.25, -0.2) is 4.79 Å². The monoisotopic (exact) mass is 313 g/mol. The number of rotatable bonds is 3. The zero-order valence-corrected chi connectivity index (χ0v) is 13.3. The maximum absolute atomic E-state index is 12.6. The summed E-state index contributed by atoms with van der Waals surface area (Å²) in [7, 11) is 2.04. The summed E-state index contributed by atoms with van der Waals surface area (Å²) in [6.45, 7) is 7.26. The molecule has 2 aliphatic rings. The Bertz CT molecular complexity index is 410. The summed E-state index contributed by atoms with van der Waals surface area (Å²) in [5.74, 6) is 0.00945. The predicted octanol–water partition coefficient (Wildman–Crippen LogP) is 0.456. The van der Waals surface area contributed by atoms with Gasteiger partial charge in [0.25, 0.3) is 0 Å². The van der Waals surface area contributed by atoms with Gasteiger partial charge in [0.2, 0.25) is 5.91 Å². The summed E-state index contributed by atoms with van der Waals surface area (Å²) in [5, 5.41) is 0.0164. The quantitative estimate of drug-likeness (QED) is 0.607. The lowest BCUT2D eigenvalue weighted by atomic mass is 10.1. The van der Waals surface area contributed by atoms with Crippen LogP contribution in [0, 0.1) is 0 Å². The summed E-state index contributed by atoms with van der Waals surface area (Å²) >= 11 is 4.42. The number of carbonyl (C=O) groups excluding carboxylic acids is 2. The third-order valence-electron chi connectivity index (χ3n) is 3.94. The second-order valence-corrected chi connectivity index (χ2v) is 6.28. The van der Waals surface area contributed by atoms with Crippen LogP contribution in [0.2, 0.25) is 0 Å². The molecule has 2 atom stereocenters. The Hall–Kier alpha value is -1.21. The molecule has 6 nitrogen and oxygen atoms in total. The van der Waals surface area contributed by atoms with Crippen LogP contribution in [0.15, 0.2) is 12.7 Å². The predicted molar refractivity (Wildman–Crippen MR) is 83.5 cm³/mol. The number of carbonyl (C=O) groups is 2. The minimum absolute atomic E-state index is 0.00945. The molecule has 21 heavy (non-hydrogen) atoms. The van der Waals surface area contributed by atoms with Gasteiger partial charge in [-0.1, -0.05) is 12.7 Å². The molecule has 7 heteroatoms. The molecule has 2 aliphatic heterocycles. The van der Waals surface area contributed by atoms with Crippen LogP contribution in [0.5, 0.6) is 0 Å². The summed E-state index contributed by atoms with van der Waals surface area (Å²) in [4.78, 5) is 30.2. The van der Waals surface area contributed by atoms with E-state index in [9.17, 15) is 9.59 Å². The van der Waals surface area contributed by atoms with Crippen molar-refractivity contribution in [3.63, 3.8) is 0 Å². The van der Waals surface area contributed by atoms with E-state index in [0.717, 1.165) is 13.1 Å². The fourth-order valence-corrected chi connectivity index (χ4v) is 3.08. The van der Waals surface area contributed by atoms with Gasteiger partial charge in [0.05, 0.1) is 0 Å². The average Bonchev–Trinajstić information content (AvgIpc) is 2.87. The van der Waals surface area contributed by atoms with Gasteiger partial charge in [-0.15, -0.1) is 0 Å². The number of likely N-dealkylation sites (tertiary alicyclic amines) is 1. The molecular formula is C14H23N3O3S. The van der Waals surface area contributed by atoms with E-state index in [4.69, 9.17) is 4.74 Å². The Kier molecular flexibility index (Phi) is 5.52. The van der Waals surface area contributed by atoms with Crippen molar-refractivity contribution >= 4 is 24.6 Å². The molecule has 0 aromatic heterocycles. The summed E-state index contributed by atoms with van der Waals surface area (Å²) in [5.41, 5.74) is 0. The van der Waals surface area contributed by atoms with E-state index >= 15 is 0 Å². The molecular weight excluding hydrogens is 290 g/mol. The molecule has 0 unspecified atom stereocenters. The van der Waals surface area contributed by atoms with E-state index in [2.05, 4.69) is 24.1 Å². The number of hydrogen-bond acceptors (Lipinski definition) is 5. The first-order chi connectivity index (χ1) is 10.0. The Morgan fingerprint density at radius 1 is 1.33 bits per heavy atom. The van der Waals surface area contributed by atoms with Crippen molar-refractivity contribution < 1.29 is 14.3 Å². The third kappa shape index (κ3) is 3.91. The van der Waals surface area contributed by atoms with Crippen molar-refractivity contribution in [1.82, 2.24) is 14.7 Å². The van der Waals surface area contributed by atoms with Crippen LogP contribution < -0.4 is 0 Å². The van der Waals surface area contributed by atoms with Gasteiger partial charge in [0.1, 0.15) is 12.6 Å². The number of ether oxygens (including phenoxy) is 1. The molecule has 2 fully saturated rings. The van der Waals surface area contributed by atoms with Crippen LogP contribution in [0.3, 0.4) is 0 Å². The highest BCUT2D eigenvalue weighted by Gasteiger charge is 2.41. The van der Waals surface area contributed by atoms with E-state index in [-0.39, 0.29) is 17.8 Å². The number of amides is 2. The lowest BCUT2D eigenvalue weighted by Gasteiger charge is -2.35. The molecule has 0 spiro atoms. The Balaban J connectivity index is 2.00. The van der Waals surface area contributed by atoms with Gasteiger partial charge >= 0.3 is 6.09 Å². The van der Waals surface area contributed by atoms with Crippen molar-refractivity contribution in [2.75, 3.05) is 46.4 Å². The van der Waals surface area contributed by atoms with Crippen LogP contribution in [-0.4, -0.2) is 84.4 Å². The topological polar surface area (TPSA) is 53.1 Å². The van der Waals surface area contributed by atoms with Crippen LogP contribution in [0.4, 0.5) is 4.79 Å². The van der Waals surface area contributed by atoms with Gasteiger partial charge in [0, 0.05) is 38.0 Å². The molecule has 0 saturated carbocycles. The number of thiol groups is 1. The largest absolute Gasteiger partial charge is 0.445 e.